The van der Waals surface area contributed by atoms with Crippen molar-refractivity contribution in [3.63, 3.8) is 0 Å². The van der Waals surface area contributed by atoms with E-state index >= 15 is 0 Å². The summed E-state index contributed by atoms with van der Waals surface area (Å²) in [5.74, 6) is -0.298. The molecule has 2 heterocycles. The van der Waals surface area contributed by atoms with Crippen LogP contribution in [0.3, 0.4) is 0 Å². The normalized spacial score (nSPS) is 19.9. The second kappa shape index (κ2) is 10.1. The topological polar surface area (TPSA) is 62.6 Å². The number of amides is 1. The number of rotatable bonds is 8. The molecule has 1 aliphatic rings. The van der Waals surface area contributed by atoms with Gasteiger partial charge in [0.2, 0.25) is 5.91 Å². The van der Waals surface area contributed by atoms with Crippen LogP contribution in [0.4, 0.5) is 4.39 Å². The Morgan fingerprint density at radius 3 is 2.63 bits per heavy atom. The van der Waals surface area contributed by atoms with E-state index in [4.69, 9.17) is 4.74 Å². The van der Waals surface area contributed by atoms with Crippen molar-refractivity contribution in [1.29, 1.82) is 0 Å². The highest BCUT2D eigenvalue weighted by molar-refractivity contribution is 5.78. The fourth-order valence-corrected chi connectivity index (χ4v) is 3.87. The van der Waals surface area contributed by atoms with Crippen molar-refractivity contribution >= 4 is 5.91 Å². The fraction of sp³-hybridized carbons (Fsp3) is 0.545. The molecule has 0 bridgehead atoms. The van der Waals surface area contributed by atoms with Crippen molar-refractivity contribution in [3.8, 4) is 11.3 Å². The van der Waals surface area contributed by atoms with Crippen molar-refractivity contribution in [2.45, 2.75) is 39.1 Å². The predicted molar refractivity (Wildman–Crippen MR) is 114 cm³/mol. The Hall–Kier alpha value is -2.29. The van der Waals surface area contributed by atoms with Crippen molar-refractivity contribution < 1.29 is 13.9 Å². The Morgan fingerprint density at radius 1 is 1.27 bits per heavy atom. The Bertz CT molecular complexity index is 844. The highest BCUT2D eigenvalue weighted by Gasteiger charge is 2.23. The number of benzene rings is 1. The molecule has 1 N–H and O–H groups in total. The van der Waals surface area contributed by atoms with E-state index in [0.717, 1.165) is 18.8 Å². The summed E-state index contributed by atoms with van der Waals surface area (Å²) in [6.45, 7) is 7.61. The largest absolute Gasteiger partial charge is 0.373 e. The van der Waals surface area contributed by atoms with Crippen LogP contribution < -0.4 is 5.32 Å². The molecule has 1 aromatic heterocycles. The molecule has 7 nitrogen and oxygen atoms in total. The molecule has 0 saturated carbocycles. The van der Waals surface area contributed by atoms with Crippen molar-refractivity contribution in [2.75, 3.05) is 40.3 Å². The van der Waals surface area contributed by atoms with Gasteiger partial charge in [0.15, 0.2) is 0 Å². The Balaban J connectivity index is 1.60. The molecule has 0 unspecified atom stereocenters. The second-order valence-electron chi connectivity index (χ2n) is 8.26. The number of hydrogen-bond acceptors (Lipinski definition) is 5. The van der Waals surface area contributed by atoms with Gasteiger partial charge in [-0.1, -0.05) is 12.1 Å². The van der Waals surface area contributed by atoms with Gasteiger partial charge in [0.05, 0.1) is 36.7 Å². The summed E-state index contributed by atoms with van der Waals surface area (Å²) in [4.78, 5) is 16.5. The maximum atomic E-state index is 14.2. The summed E-state index contributed by atoms with van der Waals surface area (Å²) in [6.07, 6.45) is 0.270. The second-order valence-corrected chi connectivity index (χ2v) is 8.26. The predicted octanol–water partition coefficient (Wildman–Crippen LogP) is 1.98. The van der Waals surface area contributed by atoms with Crippen LogP contribution >= 0.6 is 0 Å². The van der Waals surface area contributed by atoms with Crippen LogP contribution in [0.25, 0.3) is 11.3 Å². The third-order valence-corrected chi connectivity index (χ3v) is 5.00. The van der Waals surface area contributed by atoms with Crippen molar-refractivity contribution in [2.24, 2.45) is 0 Å². The molecule has 1 saturated heterocycles. The van der Waals surface area contributed by atoms with E-state index in [1.54, 1.807) is 18.2 Å². The van der Waals surface area contributed by atoms with Crippen LogP contribution in [0.5, 0.6) is 0 Å². The average molecular weight is 418 g/mol. The number of halogens is 1. The summed E-state index contributed by atoms with van der Waals surface area (Å²) in [5, 5.41) is 7.58. The van der Waals surface area contributed by atoms with Gasteiger partial charge < -0.3 is 15.0 Å². The molecule has 2 aromatic rings. The van der Waals surface area contributed by atoms with E-state index in [9.17, 15) is 9.18 Å². The number of carbonyl (C=O) groups is 1. The van der Waals surface area contributed by atoms with Crippen LogP contribution in [-0.4, -0.2) is 78.0 Å². The van der Waals surface area contributed by atoms with Gasteiger partial charge in [0, 0.05) is 31.7 Å². The summed E-state index contributed by atoms with van der Waals surface area (Å²) < 4.78 is 21.7. The smallest absolute Gasteiger partial charge is 0.234 e. The minimum atomic E-state index is -0.291. The van der Waals surface area contributed by atoms with Gasteiger partial charge in [-0.25, -0.2) is 4.39 Å². The van der Waals surface area contributed by atoms with Gasteiger partial charge in [0.1, 0.15) is 5.82 Å². The molecule has 1 aromatic carbocycles. The van der Waals surface area contributed by atoms with E-state index in [1.165, 1.54) is 6.07 Å². The minimum Gasteiger partial charge on any atom is -0.373 e. The maximum absolute atomic E-state index is 14.2. The molecule has 3 rings (SSSR count). The molecule has 2 atom stereocenters. The van der Waals surface area contributed by atoms with Crippen LogP contribution in [0.1, 0.15) is 19.5 Å². The van der Waals surface area contributed by atoms with E-state index in [0.29, 0.717) is 37.4 Å². The third kappa shape index (κ3) is 6.10. The maximum Gasteiger partial charge on any atom is 0.234 e. The monoisotopic (exact) mass is 417 g/mol. The lowest BCUT2D eigenvalue weighted by Crippen LogP contribution is -2.49. The molecule has 1 aliphatic heterocycles. The molecule has 30 heavy (non-hydrogen) atoms. The average Bonchev–Trinajstić information content (AvgIpc) is 3.03. The third-order valence-electron chi connectivity index (χ3n) is 5.00. The fourth-order valence-electron chi connectivity index (χ4n) is 3.87. The molecule has 1 amide bonds. The summed E-state index contributed by atoms with van der Waals surface area (Å²) in [5.41, 5.74) is 2.06. The quantitative estimate of drug-likeness (QED) is 0.712. The van der Waals surface area contributed by atoms with Crippen molar-refractivity contribution in [3.05, 3.63) is 41.8 Å². The molecule has 164 valence electrons. The number of nitrogens with zero attached hydrogens (tertiary/aromatic N) is 4. The number of hydrogen-bond donors (Lipinski definition) is 1. The van der Waals surface area contributed by atoms with E-state index in [2.05, 4.69) is 15.3 Å². The zero-order valence-corrected chi connectivity index (χ0v) is 18.3. The molecular formula is C22H32FN5O2. The van der Waals surface area contributed by atoms with Gasteiger partial charge in [-0.2, -0.15) is 5.10 Å². The molecule has 8 heteroatoms. The molecular weight excluding hydrogens is 385 g/mol. The van der Waals surface area contributed by atoms with Gasteiger partial charge >= 0.3 is 0 Å². The van der Waals surface area contributed by atoms with Gasteiger partial charge in [0.25, 0.3) is 0 Å². The highest BCUT2D eigenvalue weighted by atomic mass is 19.1. The zero-order chi connectivity index (χ0) is 21.7. The minimum absolute atomic E-state index is 0.00746. The van der Waals surface area contributed by atoms with Gasteiger partial charge in [-0.3, -0.25) is 14.4 Å². The SMILES string of the molecule is C[C@@H]1CN(CC(=O)NCCn2nc(-c3ccccc3F)cc2CN(C)C)C[C@H](C)O1. The Kier molecular flexibility index (Phi) is 7.58. The summed E-state index contributed by atoms with van der Waals surface area (Å²) in [6, 6.07) is 8.55. The first-order valence-corrected chi connectivity index (χ1v) is 10.4. The summed E-state index contributed by atoms with van der Waals surface area (Å²) >= 11 is 0. The number of nitrogens with one attached hydrogen (secondary N) is 1. The molecule has 0 spiro atoms. The van der Waals surface area contributed by atoms with Crippen LogP contribution in [-0.2, 0) is 22.6 Å². The van der Waals surface area contributed by atoms with Gasteiger partial charge in [-0.05, 0) is 46.1 Å². The van der Waals surface area contributed by atoms with E-state index in [1.807, 2.05) is 43.6 Å². The lowest BCUT2D eigenvalue weighted by Gasteiger charge is -2.34. The van der Waals surface area contributed by atoms with Crippen molar-refractivity contribution in [1.82, 2.24) is 24.9 Å². The lowest BCUT2D eigenvalue weighted by atomic mass is 10.1. The molecule has 0 aliphatic carbocycles. The van der Waals surface area contributed by atoms with E-state index in [-0.39, 0.29) is 23.9 Å². The zero-order valence-electron chi connectivity index (χ0n) is 18.3. The number of morpholine rings is 1. The summed E-state index contributed by atoms with van der Waals surface area (Å²) in [7, 11) is 3.96. The first-order valence-electron chi connectivity index (χ1n) is 10.4. The first-order chi connectivity index (χ1) is 14.3. The van der Waals surface area contributed by atoms with E-state index < -0.39 is 0 Å². The number of ether oxygens (including phenoxy) is 1. The van der Waals surface area contributed by atoms with Crippen LogP contribution in [0.15, 0.2) is 30.3 Å². The Morgan fingerprint density at radius 2 is 1.97 bits per heavy atom. The molecule has 0 radical (unpaired) electrons. The van der Waals surface area contributed by atoms with Crippen LogP contribution in [0.2, 0.25) is 0 Å². The highest BCUT2D eigenvalue weighted by Crippen LogP contribution is 2.22. The van der Waals surface area contributed by atoms with Crippen LogP contribution in [0, 0.1) is 5.82 Å². The standard InChI is InChI=1S/C22H32FN5O2/c1-16-12-27(13-17(2)30-16)15-22(29)24-9-10-28-18(14-26(3)4)11-21(25-28)19-7-5-6-8-20(19)23/h5-8,11,16-17H,9-10,12-15H2,1-4H3,(H,24,29)/t16-,17+. The number of carbonyl (C=O) groups excluding carboxylic acids is 1. The van der Waals surface area contributed by atoms with Gasteiger partial charge in [-0.15, -0.1) is 0 Å². The molecule has 1 fully saturated rings. The first kappa shape index (κ1) is 22.4. The Labute approximate surface area is 177 Å². The number of aromatic nitrogens is 2. The lowest BCUT2D eigenvalue weighted by molar-refractivity contribution is -0.126.